The van der Waals surface area contributed by atoms with Crippen molar-refractivity contribution in [1.82, 2.24) is 29.5 Å². The normalized spacial score (nSPS) is 15.4. The van der Waals surface area contributed by atoms with Gasteiger partial charge in [0, 0.05) is 49.6 Å². The largest absolute Gasteiger partial charge is 0.497 e. The minimum Gasteiger partial charge on any atom is -0.497 e. The predicted molar refractivity (Wildman–Crippen MR) is 131 cm³/mol. The molecule has 188 valence electrons. The maximum Gasteiger partial charge on any atom is 0.223 e. The Hall–Kier alpha value is -2.60. The number of nitrogens with zero attached hydrogens (tertiary/aromatic N) is 6. The van der Waals surface area contributed by atoms with E-state index < -0.39 is 11.8 Å². The van der Waals surface area contributed by atoms with E-state index in [0.717, 1.165) is 5.39 Å². The van der Waals surface area contributed by atoms with E-state index in [0.29, 0.717) is 42.4 Å². The lowest BCUT2D eigenvalue weighted by molar-refractivity contribution is 0.0237. The molecule has 0 radical (unpaired) electrons. The Morgan fingerprint density at radius 1 is 1.18 bits per heavy atom. The molecule has 5 N–H and O–H groups in total. The first kappa shape index (κ1) is 26.0. The van der Waals surface area contributed by atoms with Crippen molar-refractivity contribution in [3.8, 4) is 5.75 Å². The van der Waals surface area contributed by atoms with Crippen LogP contribution in [-0.4, -0.2) is 85.7 Å². The lowest BCUT2D eigenvalue weighted by atomic mass is 10.1. The zero-order chi connectivity index (χ0) is 25.2. The van der Waals surface area contributed by atoms with E-state index >= 15 is 0 Å². The maximum absolute atomic E-state index is 14.0. The number of halogens is 1. The molecule has 0 spiro atoms. The summed E-state index contributed by atoms with van der Waals surface area (Å²) >= 11 is 0. The molecule has 0 fully saturated rings. The van der Waals surface area contributed by atoms with E-state index in [9.17, 15) is 9.50 Å². The third-order valence-corrected chi connectivity index (χ3v) is 5.67. The highest BCUT2D eigenvalue weighted by atomic mass is 19.1. The Morgan fingerprint density at radius 3 is 2.50 bits per heavy atom. The molecule has 3 atom stereocenters. The molecule has 0 aliphatic rings. The molecular formula is C23H37FN8O2. The van der Waals surface area contributed by atoms with Crippen LogP contribution in [0.1, 0.15) is 46.4 Å². The van der Waals surface area contributed by atoms with E-state index in [1.165, 1.54) is 11.4 Å². The number of rotatable bonds is 11. The van der Waals surface area contributed by atoms with Gasteiger partial charge in [-0.1, -0.05) is 6.92 Å². The van der Waals surface area contributed by atoms with Crippen LogP contribution in [0.2, 0.25) is 0 Å². The van der Waals surface area contributed by atoms with E-state index in [2.05, 4.69) is 10.1 Å². The standard InChI is InChI=1S/C23H37FN8O2/c1-14(10-30(11-15(2)24)16(3)12-31(26)13-23(4,5)33)20-28-21-18-8-7-17(34-6)9-19(18)27-22(25)32(21)29-20/h7-9,14-16,33H,10-13,26H2,1-6H3,(H2,25,27)/t14-,15-,16?/m0/s1. The minimum absolute atomic E-state index is 0.0509. The van der Waals surface area contributed by atoms with Gasteiger partial charge in [0.1, 0.15) is 11.9 Å². The van der Waals surface area contributed by atoms with Crippen molar-refractivity contribution < 1.29 is 14.2 Å². The molecule has 0 aliphatic heterocycles. The van der Waals surface area contributed by atoms with Gasteiger partial charge < -0.3 is 15.6 Å². The molecule has 1 aromatic carbocycles. The number of benzene rings is 1. The van der Waals surface area contributed by atoms with Crippen LogP contribution in [0.3, 0.4) is 0 Å². The number of methoxy groups -OCH3 is 1. The first-order chi connectivity index (χ1) is 15.9. The third kappa shape index (κ3) is 6.29. The Labute approximate surface area is 199 Å². The van der Waals surface area contributed by atoms with Gasteiger partial charge in [0.2, 0.25) is 5.95 Å². The predicted octanol–water partition coefficient (Wildman–Crippen LogP) is 1.97. The van der Waals surface area contributed by atoms with Crippen molar-refractivity contribution in [2.75, 3.05) is 39.0 Å². The van der Waals surface area contributed by atoms with Gasteiger partial charge in [-0.3, -0.25) is 10.7 Å². The summed E-state index contributed by atoms with van der Waals surface area (Å²) in [5.74, 6) is 7.52. The molecule has 0 saturated heterocycles. The van der Waals surface area contributed by atoms with Gasteiger partial charge in [0.25, 0.3) is 0 Å². The van der Waals surface area contributed by atoms with Crippen molar-refractivity contribution >= 4 is 22.5 Å². The van der Waals surface area contributed by atoms with Crippen LogP contribution < -0.4 is 16.3 Å². The molecule has 0 bridgehead atoms. The summed E-state index contributed by atoms with van der Waals surface area (Å²) < 4.78 is 20.9. The number of alkyl halides is 1. The Bertz CT molecular complexity index is 1110. The topological polar surface area (TPSA) is 131 Å². The van der Waals surface area contributed by atoms with Gasteiger partial charge >= 0.3 is 0 Å². The second-order valence-electron chi connectivity index (χ2n) is 9.79. The second kappa shape index (κ2) is 10.3. The van der Waals surface area contributed by atoms with Crippen molar-refractivity contribution in [3.63, 3.8) is 0 Å². The number of fused-ring (bicyclic) bond motifs is 3. The van der Waals surface area contributed by atoms with Crippen LogP contribution in [0.25, 0.3) is 16.6 Å². The number of aliphatic hydroxyl groups is 1. The van der Waals surface area contributed by atoms with Gasteiger partial charge in [-0.05, 0) is 39.8 Å². The van der Waals surface area contributed by atoms with E-state index in [1.54, 1.807) is 26.0 Å². The van der Waals surface area contributed by atoms with Crippen molar-refractivity contribution in [1.29, 1.82) is 0 Å². The number of hydrogen-bond acceptors (Lipinski definition) is 9. The summed E-state index contributed by atoms with van der Waals surface area (Å²) in [5, 5.41) is 17.0. The van der Waals surface area contributed by atoms with Crippen LogP contribution in [0.15, 0.2) is 18.2 Å². The summed E-state index contributed by atoms with van der Waals surface area (Å²) in [7, 11) is 1.60. The average Bonchev–Trinajstić information content (AvgIpc) is 3.17. The molecule has 1 unspecified atom stereocenters. The van der Waals surface area contributed by atoms with Gasteiger partial charge in [0.15, 0.2) is 11.5 Å². The molecular weight excluding hydrogens is 439 g/mol. The summed E-state index contributed by atoms with van der Waals surface area (Å²) in [6, 6.07) is 5.49. The van der Waals surface area contributed by atoms with Gasteiger partial charge in [-0.2, -0.15) is 4.52 Å². The van der Waals surface area contributed by atoms with Gasteiger partial charge in [0.05, 0.1) is 18.2 Å². The Kier molecular flexibility index (Phi) is 7.91. The molecule has 11 heteroatoms. The fourth-order valence-electron chi connectivity index (χ4n) is 4.17. The minimum atomic E-state index is -1.01. The highest BCUT2D eigenvalue weighted by Gasteiger charge is 2.25. The van der Waals surface area contributed by atoms with Crippen LogP contribution >= 0.6 is 0 Å². The van der Waals surface area contributed by atoms with E-state index in [4.69, 9.17) is 21.3 Å². The lowest BCUT2D eigenvalue weighted by Crippen LogP contribution is -2.51. The van der Waals surface area contributed by atoms with E-state index in [-0.39, 0.29) is 24.5 Å². The first-order valence-corrected chi connectivity index (χ1v) is 11.5. The Balaban J connectivity index is 1.84. The quantitative estimate of drug-likeness (QED) is 0.281. The number of anilines is 1. The van der Waals surface area contributed by atoms with Crippen molar-refractivity contribution in [2.24, 2.45) is 5.84 Å². The molecule has 0 saturated carbocycles. The molecule has 10 nitrogen and oxygen atoms in total. The van der Waals surface area contributed by atoms with Gasteiger partial charge in [-0.15, -0.1) is 5.10 Å². The third-order valence-electron chi connectivity index (χ3n) is 5.67. The van der Waals surface area contributed by atoms with E-state index in [1.807, 2.05) is 36.9 Å². The molecule has 0 aliphatic carbocycles. The SMILES string of the molecule is COc1ccc2c(c1)nc(N)n1nc([C@@H](C)CN(C[C@H](C)F)C(C)CN(N)CC(C)(C)O)nc21. The maximum atomic E-state index is 14.0. The molecule has 2 aromatic heterocycles. The summed E-state index contributed by atoms with van der Waals surface area (Å²) in [4.78, 5) is 11.2. The average molecular weight is 477 g/mol. The number of hydrazine groups is 1. The summed E-state index contributed by atoms with van der Waals surface area (Å²) in [6.45, 7) is 10.5. The number of hydrogen-bond donors (Lipinski definition) is 3. The van der Waals surface area contributed by atoms with Crippen LogP contribution in [0.4, 0.5) is 10.3 Å². The number of aromatic nitrogens is 4. The fourth-order valence-corrected chi connectivity index (χ4v) is 4.17. The highest BCUT2D eigenvalue weighted by molar-refractivity contribution is 5.93. The molecule has 0 amide bonds. The number of nitrogen functional groups attached to an aromatic ring is 1. The smallest absolute Gasteiger partial charge is 0.223 e. The van der Waals surface area contributed by atoms with Crippen LogP contribution in [0, 0.1) is 0 Å². The second-order valence-corrected chi connectivity index (χ2v) is 9.79. The van der Waals surface area contributed by atoms with Crippen molar-refractivity contribution in [3.05, 3.63) is 24.0 Å². The highest BCUT2D eigenvalue weighted by Crippen LogP contribution is 2.25. The molecule has 3 aromatic rings. The lowest BCUT2D eigenvalue weighted by Gasteiger charge is -2.35. The zero-order valence-electron chi connectivity index (χ0n) is 20.9. The van der Waals surface area contributed by atoms with Crippen molar-refractivity contribution in [2.45, 2.75) is 58.4 Å². The van der Waals surface area contributed by atoms with Gasteiger partial charge in [-0.25, -0.2) is 19.4 Å². The van der Waals surface area contributed by atoms with Crippen LogP contribution in [0.5, 0.6) is 5.75 Å². The Morgan fingerprint density at radius 2 is 1.88 bits per heavy atom. The first-order valence-electron chi connectivity index (χ1n) is 11.5. The number of ether oxygens (including phenoxy) is 1. The molecule has 34 heavy (non-hydrogen) atoms. The zero-order valence-corrected chi connectivity index (χ0v) is 20.9. The monoisotopic (exact) mass is 476 g/mol. The van der Waals surface area contributed by atoms with Crippen LogP contribution in [-0.2, 0) is 0 Å². The fraction of sp³-hybridized carbons (Fsp3) is 0.609. The summed E-state index contributed by atoms with van der Waals surface area (Å²) in [5.41, 5.74) is 6.53. The molecule has 3 rings (SSSR count). The number of nitrogens with two attached hydrogens (primary N) is 2. The summed E-state index contributed by atoms with van der Waals surface area (Å²) in [6.07, 6.45) is -1.01. The molecule has 2 heterocycles.